The summed E-state index contributed by atoms with van der Waals surface area (Å²) in [5.41, 5.74) is 3.48. The monoisotopic (exact) mass is 401 g/mol. The number of phenolic OH excluding ortho intramolecular Hbond substituents is 1. The summed E-state index contributed by atoms with van der Waals surface area (Å²) in [6.45, 7) is 3.77. The van der Waals surface area contributed by atoms with E-state index in [0.29, 0.717) is 5.56 Å². The van der Waals surface area contributed by atoms with E-state index in [0.717, 1.165) is 17.1 Å². The Morgan fingerprint density at radius 2 is 1.80 bits per heavy atom. The molecule has 0 aliphatic carbocycles. The van der Waals surface area contributed by atoms with Crippen LogP contribution in [0, 0.1) is 25.2 Å². The standard InChI is InChI=1S/C23H19N3O4/c1-14-10-17(15(2)26(14)20-6-8-21(27)9-7-20)11-18(13-24)22(28)25-19-5-3-4-16(12-19)23(29)30/h3-12,27H,1-2H3,(H,25,28)(H,29,30)/b18-11-. The molecule has 1 aromatic heterocycles. The van der Waals surface area contributed by atoms with Gasteiger partial charge in [-0.1, -0.05) is 6.07 Å². The van der Waals surface area contributed by atoms with E-state index in [1.54, 1.807) is 30.3 Å². The minimum absolute atomic E-state index is 0.0349. The summed E-state index contributed by atoms with van der Waals surface area (Å²) >= 11 is 0. The Bertz CT molecular complexity index is 1200. The first kappa shape index (κ1) is 20.4. The van der Waals surface area contributed by atoms with Gasteiger partial charge in [0.25, 0.3) is 5.91 Å². The van der Waals surface area contributed by atoms with Crippen LogP contribution in [-0.4, -0.2) is 26.7 Å². The average Bonchev–Trinajstić information content (AvgIpc) is 3.00. The maximum Gasteiger partial charge on any atom is 0.335 e. The van der Waals surface area contributed by atoms with Crippen LogP contribution in [0.15, 0.2) is 60.2 Å². The fraction of sp³-hybridized carbons (Fsp3) is 0.0870. The molecule has 7 nitrogen and oxygen atoms in total. The van der Waals surface area contributed by atoms with Crippen LogP contribution in [0.5, 0.6) is 5.75 Å². The van der Waals surface area contributed by atoms with Crippen molar-refractivity contribution < 1.29 is 19.8 Å². The van der Waals surface area contributed by atoms with Crippen molar-refractivity contribution in [2.24, 2.45) is 0 Å². The van der Waals surface area contributed by atoms with Gasteiger partial charge >= 0.3 is 5.97 Å². The maximum absolute atomic E-state index is 12.6. The summed E-state index contributed by atoms with van der Waals surface area (Å²) in [4.78, 5) is 23.6. The van der Waals surface area contributed by atoms with Gasteiger partial charge in [-0.3, -0.25) is 4.79 Å². The Hall–Kier alpha value is -4.31. The molecule has 0 atom stereocenters. The number of hydrogen-bond acceptors (Lipinski definition) is 4. The average molecular weight is 401 g/mol. The number of carboxylic acids is 1. The van der Waals surface area contributed by atoms with Crippen molar-refractivity contribution in [1.29, 1.82) is 5.26 Å². The van der Waals surface area contributed by atoms with Gasteiger partial charge in [0.1, 0.15) is 17.4 Å². The lowest BCUT2D eigenvalue weighted by molar-refractivity contribution is -0.112. The van der Waals surface area contributed by atoms with Crippen molar-refractivity contribution in [1.82, 2.24) is 4.57 Å². The summed E-state index contributed by atoms with van der Waals surface area (Å²) in [5, 5.41) is 30.6. The first-order valence-electron chi connectivity index (χ1n) is 9.05. The number of nitriles is 1. The number of anilines is 1. The van der Waals surface area contributed by atoms with Crippen molar-refractivity contribution >= 4 is 23.6 Å². The molecular weight excluding hydrogens is 382 g/mol. The first-order valence-corrected chi connectivity index (χ1v) is 9.05. The van der Waals surface area contributed by atoms with E-state index in [1.807, 2.05) is 30.6 Å². The van der Waals surface area contributed by atoms with Gasteiger partial charge < -0.3 is 20.1 Å². The molecule has 0 saturated carbocycles. The number of aryl methyl sites for hydroxylation is 1. The lowest BCUT2D eigenvalue weighted by Crippen LogP contribution is -2.14. The van der Waals surface area contributed by atoms with E-state index in [2.05, 4.69) is 5.32 Å². The van der Waals surface area contributed by atoms with Crippen LogP contribution in [0.1, 0.15) is 27.3 Å². The van der Waals surface area contributed by atoms with Gasteiger partial charge in [-0.2, -0.15) is 5.26 Å². The first-order chi connectivity index (χ1) is 14.3. The van der Waals surface area contributed by atoms with Crippen molar-refractivity contribution in [2.75, 3.05) is 5.32 Å². The van der Waals surface area contributed by atoms with Crippen molar-refractivity contribution in [2.45, 2.75) is 13.8 Å². The molecule has 0 saturated heterocycles. The molecule has 0 bridgehead atoms. The molecule has 0 radical (unpaired) electrons. The Morgan fingerprint density at radius 1 is 1.10 bits per heavy atom. The number of aromatic hydroxyl groups is 1. The third-order valence-corrected chi connectivity index (χ3v) is 4.61. The highest BCUT2D eigenvalue weighted by atomic mass is 16.4. The highest BCUT2D eigenvalue weighted by molar-refractivity contribution is 6.10. The Morgan fingerprint density at radius 3 is 2.43 bits per heavy atom. The van der Waals surface area contributed by atoms with Crippen LogP contribution in [0.25, 0.3) is 11.8 Å². The molecule has 30 heavy (non-hydrogen) atoms. The Kier molecular flexibility index (Phi) is 5.70. The van der Waals surface area contributed by atoms with Gasteiger partial charge in [-0.05, 0) is 74.0 Å². The number of aromatic carboxylic acids is 1. The summed E-state index contributed by atoms with van der Waals surface area (Å²) in [6.07, 6.45) is 1.50. The van der Waals surface area contributed by atoms with Gasteiger partial charge in [-0.25, -0.2) is 4.79 Å². The molecular formula is C23H19N3O4. The lowest BCUT2D eigenvalue weighted by Gasteiger charge is -2.09. The van der Waals surface area contributed by atoms with Crippen LogP contribution in [0.2, 0.25) is 0 Å². The fourth-order valence-electron chi connectivity index (χ4n) is 3.17. The van der Waals surface area contributed by atoms with Gasteiger partial charge in [0.2, 0.25) is 0 Å². The molecule has 3 aromatic rings. The fourth-order valence-corrected chi connectivity index (χ4v) is 3.17. The molecule has 150 valence electrons. The molecule has 0 spiro atoms. The lowest BCUT2D eigenvalue weighted by atomic mass is 10.1. The number of nitrogens with one attached hydrogen (secondary N) is 1. The zero-order chi connectivity index (χ0) is 21.8. The smallest absolute Gasteiger partial charge is 0.335 e. The van der Waals surface area contributed by atoms with Gasteiger partial charge in [0, 0.05) is 22.8 Å². The molecule has 0 aliphatic rings. The number of rotatable bonds is 5. The van der Waals surface area contributed by atoms with Crippen LogP contribution in [0.4, 0.5) is 5.69 Å². The van der Waals surface area contributed by atoms with E-state index in [-0.39, 0.29) is 22.6 Å². The van der Waals surface area contributed by atoms with Gasteiger partial charge in [0.15, 0.2) is 0 Å². The minimum Gasteiger partial charge on any atom is -0.508 e. The summed E-state index contributed by atoms with van der Waals surface area (Å²) in [5.74, 6) is -1.57. The van der Waals surface area contributed by atoms with E-state index < -0.39 is 11.9 Å². The minimum atomic E-state index is -1.11. The molecule has 0 aliphatic heterocycles. The Labute approximate surface area is 173 Å². The van der Waals surface area contributed by atoms with Gasteiger partial charge in [0.05, 0.1) is 5.56 Å². The van der Waals surface area contributed by atoms with E-state index >= 15 is 0 Å². The summed E-state index contributed by atoms with van der Waals surface area (Å²) in [7, 11) is 0. The molecule has 3 N–H and O–H groups in total. The molecule has 0 unspecified atom stereocenters. The van der Waals surface area contributed by atoms with E-state index in [4.69, 9.17) is 5.11 Å². The van der Waals surface area contributed by atoms with Crippen molar-refractivity contribution in [3.05, 3.63) is 82.7 Å². The number of amides is 1. The molecule has 3 rings (SSSR count). The van der Waals surface area contributed by atoms with Crippen LogP contribution in [-0.2, 0) is 4.79 Å². The van der Waals surface area contributed by atoms with Crippen LogP contribution < -0.4 is 5.32 Å². The molecule has 2 aromatic carbocycles. The van der Waals surface area contributed by atoms with Crippen molar-refractivity contribution in [3.63, 3.8) is 0 Å². The molecule has 1 heterocycles. The largest absolute Gasteiger partial charge is 0.508 e. The second-order valence-electron chi connectivity index (χ2n) is 6.69. The van der Waals surface area contributed by atoms with Crippen LogP contribution in [0.3, 0.4) is 0 Å². The van der Waals surface area contributed by atoms with Gasteiger partial charge in [-0.15, -0.1) is 0 Å². The number of carboxylic acid groups (broad SMARTS) is 1. The number of carbonyl (C=O) groups is 2. The molecule has 0 fully saturated rings. The summed E-state index contributed by atoms with van der Waals surface area (Å²) < 4.78 is 1.95. The predicted molar refractivity (Wildman–Crippen MR) is 113 cm³/mol. The predicted octanol–water partition coefficient (Wildman–Crippen LogP) is 4.04. The number of carbonyl (C=O) groups excluding carboxylic acids is 1. The molecule has 1 amide bonds. The van der Waals surface area contributed by atoms with E-state index in [9.17, 15) is 20.0 Å². The Balaban J connectivity index is 1.91. The number of aromatic nitrogens is 1. The quantitative estimate of drug-likeness (QED) is 0.441. The number of hydrogen-bond donors (Lipinski definition) is 3. The number of benzene rings is 2. The van der Waals surface area contributed by atoms with Crippen LogP contribution >= 0.6 is 0 Å². The number of nitrogens with zero attached hydrogens (tertiary/aromatic N) is 2. The third-order valence-electron chi connectivity index (χ3n) is 4.61. The zero-order valence-corrected chi connectivity index (χ0v) is 16.4. The summed E-state index contributed by atoms with van der Waals surface area (Å²) in [6, 6.07) is 16.3. The second kappa shape index (κ2) is 8.37. The highest BCUT2D eigenvalue weighted by Crippen LogP contribution is 2.24. The second-order valence-corrected chi connectivity index (χ2v) is 6.69. The SMILES string of the molecule is Cc1cc(/C=C(/C#N)C(=O)Nc2cccc(C(=O)O)c2)c(C)n1-c1ccc(O)cc1. The normalized spacial score (nSPS) is 11.0. The number of phenols is 1. The van der Waals surface area contributed by atoms with E-state index in [1.165, 1.54) is 24.3 Å². The highest BCUT2D eigenvalue weighted by Gasteiger charge is 2.14. The van der Waals surface area contributed by atoms with Crippen molar-refractivity contribution in [3.8, 4) is 17.5 Å². The topological polar surface area (TPSA) is 115 Å². The third kappa shape index (κ3) is 4.23. The molecule has 7 heteroatoms. The zero-order valence-electron chi connectivity index (χ0n) is 16.4. The maximum atomic E-state index is 12.6.